The van der Waals surface area contributed by atoms with Gasteiger partial charge in [-0.3, -0.25) is 9.59 Å². The van der Waals surface area contributed by atoms with Gasteiger partial charge in [0.1, 0.15) is 12.1 Å². The van der Waals surface area contributed by atoms with Crippen molar-refractivity contribution in [1.82, 2.24) is 15.5 Å². The fraction of sp³-hybridized carbons (Fsp3) is 0.556. The largest absolute Gasteiger partial charge is 0.366 e. The molecular weight excluding hydrogens is 306 g/mol. The smallest absolute Gasteiger partial charge is 0.251 e. The van der Waals surface area contributed by atoms with Crippen molar-refractivity contribution in [1.29, 1.82) is 0 Å². The predicted octanol–water partition coefficient (Wildman–Crippen LogP) is 0.325. The molecule has 1 aromatic rings. The Morgan fingerprint density at radius 3 is 2.67 bits per heavy atom. The van der Waals surface area contributed by atoms with E-state index >= 15 is 0 Å². The standard InChI is InChI=1S/C18H25N3O3/c22-17(16-13-19-8-11-24-16)20-15(12-14-6-2-1-3-7-14)18(23)21-9-4-5-10-21/h1-3,6-7,15-16,19H,4-5,8-13H2,(H,20,22). The van der Waals surface area contributed by atoms with Gasteiger partial charge in [0.25, 0.3) is 5.91 Å². The summed E-state index contributed by atoms with van der Waals surface area (Å²) in [4.78, 5) is 27.1. The number of rotatable bonds is 5. The number of likely N-dealkylation sites (tertiary alicyclic amines) is 1. The molecule has 2 amide bonds. The predicted molar refractivity (Wildman–Crippen MR) is 90.5 cm³/mol. The lowest BCUT2D eigenvalue weighted by Crippen LogP contribution is -2.55. The lowest BCUT2D eigenvalue weighted by Gasteiger charge is -2.28. The first-order valence-corrected chi connectivity index (χ1v) is 8.69. The van der Waals surface area contributed by atoms with Crippen LogP contribution >= 0.6 is 0 Å². The van der Waals surface area contributed by atoms with Crippen LogP contribution in [-0.4, -0.2) is 61.6 Å². The summed E-state index contributed by atoms with van der Waals surface area (Å²) < 4.78 is 5.50. The zero-order valence-corrected chi connectivity index (χ0v) is 13.9. The van der Waals surface area contributed by atoms with Gasteiger partial charge in [0.05, 0.1) is 6.61 Å². The van der Waals surface area contributed by atoms with Crippen LogP contribution in [0.25, 0.3) is 0 Å². The second-order valence-electron chi connectivity index (χ2n) is 6.35. The third-order valence-corrected chi connectivity index (χ3v) is 4.54. The Bertz CT molecular complexity index is 552. The van der Waals surface area contributed by atoms with Crippen LogP contribution in [0.4, 0.5) is 0 Å². The van der Waals surface area contributed by atoms with E-state index in [-0.39, 0.29) is 11.8 Å². The van der Waals surface area contributed by atoms with Gasteiger partial charge < -0.3 is 20.3 Å². The number of ether oxygens (including phenoxy) is 1. The van der Waals surface area contributed by atoms with Crippen molar-refractivity contribution in [3.63, 3.8) is 0 Å². The van der Waals surface area contributed by atoms with Crippen molar-refractivity contribution in [2.45, 2.75) is 31.4 Å². The van der Waals surface area contributed by atoms with Gasteiger partial charge in [0.2, 0.25) is 5.91 Å². The highest BCUT2D eigenvalue weighted by atomic mass is 16.5. The van der Waals surface area contributed by atoms with Crippen LogP contribution in [0, 0.1) is 0 Å². The molecule has 3 rings (SSSR count). The summed E-state index contributed by atoms with van der Waals surface area (Å²) in [6.45, 7) is 3.32. The van der Waals surface area contributed by atoms with Gasteiger partial charge in [-0.15, -0.1) is 0 Å². The van der Waals surface area contributed by atoms with E-state index in [0.717, 1.165) is 38.0 Å². The first kappa shape index (κ1) is 16.9. The van der Waals surface area contributed by atoms with Gasteiger partial charge in [0, 0.05) is 32.6 Å². The first-order valence-electron chi connectivity index (χ1n) is 8.69. The molecule has 0 aromatic heterocycles. The molecule has 2 fully saturated rings. The monoisotopic (exact) mass is 331 g/mol. The summed E-state index contributed by atoms with van der Waals surface area (Å²) in [6, 6.07) is 9.26. The Kier molecular flexibility index (Phi) is 5.82. The number of carbonyl (C=O) groups is 2. The van der Waals surface area contributed by atoms with Crippen LogP contribution in [0.2, 0.25) is 0 Å². The maximum Gasteiger partial charge on any atom is 0.251 e. The molecule has 2 atom stereocenters. The molecule has 24 heavy (non-hydrogen) atoms. The van der Waals surface area contributed by atoms with Crippen molar-refractivity contribution in [2.24, 2.45) is 0 Å². The highest BCUT2D eigenvalue weighted by Crippen LogP contribution is 2.12. The second kappa shape index (κ2) is 8.26. The number of nitrogens with zero attached hydrogens (tertiary/aromatic N) is 1. The Hall–Kier alpha value is -1.92. The van der Waals surface area contributed by atoms with Crippen LogP contribution in [0.3, 0.4) is 0 Å². The summed E-state index contributed by atoms with van der Waals surface area (Å²) >= 11 is 0. The Balaban J connectivity index is 1.68. The number of amides is 2. The van der Waals surface area contributed by atoms with Crippen molar-refractivity contribution < 1.29 is 14.3 Å². The third kappa shape index (κ3) is 4.33. The molecule has 0 saturated carbocycles. The molecule has 0 radical (unpaired) electrons. The molecule has 6 nitrogen and oxygen atoms in total. The number of hydrogen-bond donors (Lipinski definition) is 2. The fourth-order valence-corrected chi connectivity index (χ4v) is 3.21. The van der Waals surface area contributed by atoms with Gasteiger partial charge in [-0.05, 0) is 18.4 Å². The van der Waals surface area contributed by atoms with Crippen molar-refractivity contribution in [2.75, 3.05) is 32.8 Å². The summed E-state index contributed by atoms with van der Waals surface area (Å²) in [5.74, 6) is -0.204. The quantitative estimate of drug-likeness (QED) is 0.815. The highest BCUT2D eigenvalue weighted by molar-refractivity contribution is 5.90. The van der Waals surface area contributed by atoms with E-state index in [9.17, 15) is 9.59 Å². The molecule has 130 valence electrons. The summed E-state index contributed by atoms with van der Waals surface area (Å²) in [5.41, 5.74) is 1.04. The molecule has 2 aliphatic heterocycles. The number of nitrogens with one attached hydrogen (secondary N) is 2. The van der Waals surface area contributed by atoms with E-state index in [0.29, 0.717) is 19.6 Å². The number of morpholine rings is 1. The van der Waals surface area contributed by atoms with Gasteiger partial charge in [-0.25, -0.2) is 0 Å². The van der Waals surface area contributed by atoms with E-state index in [1.165, 1.54) is 0 Å². The lowest BCUT2D eigenvalue weighted by molar-refractivity contribution is -0.140. The highest BCUT2D eigenvalue weighted by Gasteiger charge is 2.31. The average Bonchev–Trinajstić information content (AvgIpc) is 3.17. The molecule has 0 aliphatic carbocycles. The number of carbonyl (C=O) groups excluding carboxylic acids is 2. The maximum absolute atomic E-state index is 12.8. The minimum absolute atomic E-state index is 0.00784. The SMILES string of the molecule is O=C(NC(Cc1ccccc1)C(=O)N1CCCC1)C1CNCCO1. The van der Waals surface area contributed by atoms with Crippen molar-refractivity contribution >= 4 is 11.8 Å². The van der Waals surface area contributed by atoms with Crippen LogP contribution in [0.5, 0.6) is 0 Å². The average molecular weight is 331 g/mol. The summed E-state index contributed by atoms with van der Waals surface area (Å²) in [6.07, 6.45) is 2.05. The van der Waals surface area contributed by atoms with E-state index < -0.39 is 12.1 Å². The molecule has 2 saturated heterocycles. The first-order chi connectivity index (χ1) is 11.7. The minimum Gasteiger partial charge on any atom is -0.366 e. The Morgan fingerprint density at radius 1 is 1.25 bits per heavy atom. The summed E-state index contributed by atoms with van der Waals surface area (Å²) in [5, 5.41) is 6.06. The van der Waals surface area contributed by atoms with E-state index in [4.69, 9.17) is 4.74 Å². The third-order valence-electron chi connectivity index (χ3n) is 4.54. The van der Waals surface area contributed by atoms with Gasteiger partial charge in [-0.2, -0.15) is 0 Å². The van der Waals surface area contributed by atoms with Gasteiger partial charge in [-0.1, -0.05) is 30.3 Å². The lowest BCUT2D eigenvalue weighted by atomic mass is 10.0. The Morgan fingerprint density at radius 2 is 2.00 bits per heavy atom. The molecule has 2 heterocycles. The number of hydrogen-bond acceptors (Lipinski definition) is 4. The molecule has 2 unspecified atom stereocenters. The molecule has 1 aromatic carbocycles. The molecule has 2 aliphatic rings. The summed E-state index contributed by atoms with van der Waals surface area (Å²) in [7, 11) is 0. The fourth-order valence-electron chi connectivity index (χ4n) is 3.21. The van der Waals surface area contributed by atoms with Gasteiger partial charge in [0.15, 0.2) is 0 Å². The van der Waals surface area contributed by atoms with Crippen LogP contribution in [0.15, 0.2) is 30.3 Å². The van der Waals surface area contributed by atoms with Gasteiger partial charge >= 0.3 is 0 Å². The zero-order valence-electron chi connectivity index (χ0n) is 13.9. The van der Waals surface area contributed by atoms with Crippen LogP contribution < -0.4 is 10.6 Å². The number of benzene rings is 1. The minimum atomic E-state index is -0.538. The molecule has 0 spiro atoms. The van der Waals surface area contributed by atoms with E-state index in [1.807, 2.05) is 35.2 Å². The molecule has 2 N–H and O–H groups in total. The Labute approximate surface area is 142 Å². The molecule has 6 heteroatoms. The van der Waals surface area contributed by atoms with E-state index in [2.05, 4.69) is 10.6 Å². The molecular formula is C18H25N3O3. The van der Waals surface area contributed by atoms with Crippen LogP contribution in [-0.2, 0) is 20.7 Å². The maximum atomic E-state index is 12.8. The molecule has 0 bridgehead atoms. The second-order valence-corrected chi connectivity index (χ2v) is 6.35. The zero-order chi connectivity index (χ0) is 16.8. The topological polar surface area (TPSA) is 70.7 Å². The van der Waals surface area contributed by atoms with Crippen LogP contribution in [0.1, 0.15) is 18.4 Å². The van der Waals surface area contributed by atoms with Crippen molar-refractivity contribution in [3.05, 3.63) is 35.9 Å². The normalized spacial score (nSPS) is 22.2. The van der Waals surface area contributed by atoms with E-state index in [1.54, 1.807) is 0 Å². The van der Waals surface area contributed by atoms with Crippen molar-refractivity contribution in [3.8, 4) is 0 Å².